The zero-order chi connectivity index (χ0) is 9.14. The molecule has 62 valence electrons. The molecule has 0 aliphatic heterocycles. The van der Waals surface area contributed by atoms with E-state index in [0.29, 0.717) is 11.3 Å². The van der Waals surface area contributed by atoms with Crippen molar-refractivity contribution in [2.24, 2.45) is 0 Å². The number of aryl methyl sites for hydroxylation is 1. The Hall–Kier alpha value is -1.63. The van der Waals surface area contributed by atoms with E-state index in [1.807, 2.05) is 6.07 Å². The summed E-state index contributed by atoms with van der Waals surface area (Å²) in [6.45, 7) is 3.73. The molecule has 1 aromatic rings. The van der Waals surface area contributed by atoms with Crippen molar-refractivity contribution in [3.8, 4) is 6.07 Å². The zero-order valence-electron chi connectivity index (χ0n) is 7.03. The fourth-order valence-electron chi connectivity index (χ4n) is 1.10. The Morgan fingerprint density at radius 1 is 1.67 bits per heavy atom. The van der Waals surface area contributed by atoms with Crippen LogP contribution in [0.25, 0.3) is 0 Å². The highest BCUT2D eigenvalue weighted by Gasteiger charge is 2.08. The molecule has 4 nitrogen and oxygen atoms in total. The Balaban J connectivity index is 3.18. The number of carbonyl (C=O) groups excluding carboxylic acids is 1. The minimum absolute atomic E-state index is 0.195. The SMILES string of the molecule is Cc1nn(CC#N)c(C)c1C=O. The topological polar surface area (TPSA) is 58.7 Å². The molecular formula is C8H9N3O. The third kappa shape index (κ3) is 1.21. The molecule has 0 aromatic carbocycles. The van der Waals surface area contributed by atoms with E-state index in [0.717, 1.165) is 12.0 Å². The van der Waals surface area contributed by atoms with Crippen molar-refractivity contribution in [2.75, 3.05) is 0 Å². The lowest BCUT2D eigenvalue weighted by atomic mass is 10.2. The summed E-state index contributed by atoms with van der Waals surface area (Å²) in [6, 6.07) is 1.97. The van der Waals surface area contributed by atoms with Crippen LogP contribution >= 0.6 is 0 Å². The third-order valence-corrected chi connectivity index (χ3v) is 1.78. The monoisotopic (exact) mass is 163 g/mol. The minimum Gasteiger partial charge on any atom is -0.298 e. The molecule has 0 aliphatic rings. The first-order valence-corrected chi connectivity index (χ1v) is 3.56. The Bertz CT molecular complexity index is 346. The van der Waals surface area contributed by atoms with Gasteiger partial charge in [-0.2, -0.15) is 10.4 Å². The van der Waals surface area contributed by atoms with Gasteiger partial charge in [0.25, 0.3) is 0 Å². The number of aldehydes is 1. The molecule has 1 aromatic heterocycles. The van der Waals surface area contributed by atoms with E-state index in [2.05, 4.69) is 5.10 Å². The summed E-state index contributed by atoms with van der Waals surface area (Å²) in [5, 5.41) is 12.5. The van der Waals surface area contributed by atoms with E-state index in [4.69, 9.17) is 5.26 Å². The van der Waals surface area contributed by atoms with Crippen LogP contribution in [0.4, 0.5) is 0 Å². The van der Waals surface area contributed by atoms with Gasteiger partial charge in [-0.1, -0.05) is 0 Å². The molecule has 0 amide bonds. The third-order valence-electron chi connectivity index (χ3n) is 1.78. The Morgan fingerprint density at radius 2 is 2.33 bits per heavy atom. The normalized spacial score (nSPS) is 9.42. The maximum atomic E-state index is 10.5. The quantitative estimate of drug-likeness (QED) is 0.607. The molecule has 4 heteroatoms. The molecule has 0 fully saturated rings. The molecule has 0 bridgehead atoms. The van der Waals surface area contributed by atoms with Gasteiger partial charge in [-0.25, -0.2) is 0 Å². The molecule has 0 atom stereocenters. The molecule has 0 N–H and O–H groups in total. The average molecular weight is 163 g/mol. The first-order chi connectivity index (χ1) is 5.70. The summed E-state index contributed by atoms with van der Waals surface area (Å²) in [6.07, 6.45) is 0.769. The van der Waals surface area contributed by atoms with Crippen molar-refractivity contribution in [1.29, 1.82) is 5.26 Å². The van der Waals surface area contributed by atoms with Crippen molar-refractivity contribution in [1.82, 2.24) is 9.78 Å². The van der Waals surface area contributed by atoms with Crippen molar-refractivity contribution >= 4 is 6.29 Å². The van der Waals surface area contributed by atoms with Crippen LogP contribution in [0.3, 0.4) is 0 Å². The smallest absolute Gasteiger partial charge is 0.153 e. The van der Waals surface area contributed by atoms with Crippen LogP contribution in [0.1, 0.15) is 21.7 Å². The average Bonchev–Trinajstić information content (AvgIpc) is 2.29. The van der Waals surface area contributed by atoms with Gasteiger partial charge in [0.15, 0.2) is 6.29 Å². The second-order valence-corrected chi connectivity index (χ2v) is 2.52. The summed E-state index contributed by atoms with van der Waals surface area (Å²) >= 11 is 0. The fourth-order valence-corrected chi connectivity index (χ4v) is 1.10. The molecule has 12 heavy (non-hydrogen) atoms. The van der Waals surface area contributed by atoms with Crippen LogP contribution in [0, 0.1) is 25.2 Å². The van der Waals surface area contributed by atoms with E-state index in [1.165, 1.54) is 4.68 Å². The number of carbonyl (C=O) groups is 1. The predicted octanol–water partition coefficient (Wildman–Crippen LogP) is 0.836. The van der Waals surface area contributed by atoms with Crippen LogP contribution in [-0.2, 0) is 6.54 Å². The van der Waals surface area contributed by atoms with Gasteiger partial charge in [-0.15, -0.1) is 0 Å². The van der Waals surface area contributed by atoms with Gasteiger partial charge in [-0.05, 0) is 13.8 Å². The van der Waals surface area contributed by atoms with E-state index in [1.54, 1.807) is 13.8 Å². The number of nitriles is 1. The Kier molecular flexibility index (Phi) is 2.24. The first-order valence-electron chi connectivity index (χ1n) is 3.56. The molecule has 0 radical (unpaired) electrons. The first kappa shape index (κ1) is 8.47. The molecule has 1 rings (SSSR count). The molecule has 0 aliphatic carbocycles. The minimum atomic E-state index is 0.195. The number of hydrogen-bond acceptors (Lipinski definition) is 3. The van der Waals surface area contributed by atoms with Crippen LogP contribution in [-0.4, -0.2) is 16.1 Å². The molecular weight excluding hydrogens is 154 g/mol. The van der Waals surface area contributed by atoms with E-state index < -0.39 is 0 Å². The zero-order valence-corrected chi connectivity index (χ0v) is 7.03. The molecule has 0 saturated heterocycles. The summed E-state index contributed by atoms with van der Waals surface area (Å²) < 4.78 is 1.53. The maximum Gasteiger partial charge on any atom is 0.153 e. The number of rotatable bonds is 2. The van der Waals surface area contributed by atoms with Gasteiger partial charge in [0.1, 0.15) is 6.54 Å². The van der Waals surface area contributed by atoms with E-state index >= 15 is 0 Å². The van der Waals surface area contributed by atoms with Crippen LogP contribution < -0.4 is 0 Å². The highest BCUT2D eigenvalue weighted by Crippen LogP contribution is 2.09. The Morgan fingerprint density at radius 3 is 2.75 bits per heavy atom. The molecule has 0 unspecified atom stereocenters. The van der Waals surface area contributed by atoms with Crippen molar-refractivity contribution < 1.29 is 4.79 Å². The van der Waals surface area contributed by atoms with Gasteiger partial charge < -0.3 is 0 Å². The predicted molar refractivity (Wildman–Crippen MR) is 42.7 cm³/mol. The van der Waals surface area contributed by atoms with Gasteiger partial charge in [0.2, 0.25) is 0 Å². The largest absolute Gasteiger partial charge is 0.298 e. The number of aromatic nitrogens is 2. The number of nitrogens with zero attached hydrogens (tertiary/aromatic N) is 3. The standard InChI is InChI=1S/C8H9N3O/c1-6-8(5-12)7(2)11(10-6)4-3-9/h5H,4H2,1-2H3. The van der Waals surface area contributed by atoms with Gasteiger partial charge in [0.05, 0.1) is 17.3 Å². The van der Waals surface area contributed by atoms with Crippen molar-refractivity contribution in [2.45, 2.75) is 20.4 Å². The van der Waals surface area contributed by atoms with E-state index in [9.17, 15) is 4.79 Å². The molecule has 0 spiro atoms. The highest BCUT2D eigenvalue weighted by molar-refractivity contribution is 5.78. The molecule has 1 heterocycles. The lowest BCUT2D eigenvalue weighted by molar-refractivity contribution is 0.112. The van der Waals surface area contributed by atoms with Gasteiger partial charge >= 0.3 is 0 Å². The highest BCUT2D eigenvalue weighted by atomic mass is 16.1. The lowest BCUT2D eigenvalue weighted by Gasteiger charge is -1.94. The van der Waals surface area contributed by atoms with Crippen molar-refractivity contribution in [3.05, 3.63) is 17.0 Å². The summed E-state index contributed by atoms with van der Waals surface area (Å²) in [5.41, 5.74) is 2.02. The maximum absolute atomic E-state index is 10.5. The van der Waals surface area contributed by atoms with Gasteiger partial charge in [0, 0.05) is 5.69 Å². The van der Waals surface area contributed by atoms with Crippen molar-refractivity contribution in [3.63, 3.8) is 0 Å². The fraction of sp³-hybridized carbons (Fsp3) is 0.375. The van der Waals surface area contributed by atoms with E-state index in [-0.39, 0.29) is 6.54 Å². The Labute approximate surface area is 70.4 Å². The summed E-state index contributed by atoms with van der Waals surface area (Å²) in [5.74, 6) is 0. The summed E-state index contributed by atoms with van der Waals surface area (Å²) in [7, 11) is 0. The second-order valence-electron chi connectivity index (χ2n) is 2.52. The van der Waals surface area contributed by atoms with Crippen LogP contribution in [0.5, 0.6) is 0 Å². The van der Waals surface area contributed by atoms with Gasteiger partial charge in [-0.3, -0.25) is 9.48 Å². The second kappa shape index (κ2) is 3.18. The van der Waals surface area contributed by atoms with Crippen LogP contribution in [0.15, 0.2) is 0 Å². The van der Waals surface area contributed by atoms with Crippen LogP contribution in [0.2, 0.25) is 0 Å². The number of hydrogen-bond donors (Lipinski definition) is 0. The molecule has 0 saturated carbocycles. The lowest BCUT2D eigenvalue weighted by Crippen LogP contribution is -2.00. The summed E-state index contributed by atoms with van der Waals surface area (Å²) in [4.78, 5) is 10.5.